The molecule has 0 fully saturated rings. The number of aliphatic carboxylic acids is 1. The van der Waals surface area contributed by atoms with Crippen LogP contribution in [-0.2, 0) is 4.79 Å². The molecule has 0 spiro atoms. The van der Waals surface area contributed by atoms with Crippen LogP contribution in [0.5, 0.6) is 0 Å². The Morgan fingerprint density at radius 3 is 2.50 bits per heavy atom. The molecule has 1 aromatic heterocycles. The molecule has 1 N–H and O–H groups in total. The van der Waals surface area contributed by atoms with Gasteiger partial charge in [0.25, 0.3) is 5.22 Å². The van der Waals surface area contributed by atoms with Crippen LogP contribution in [-0.4, -0.2) is 30.2 Å². The van der Waals surface area contributed by atoms with E-state index in [1.807, 2.05) is 61.5 Å². The minimum Gasteiger partial charge on any atom is -0.477 e. The number of fused-ring (bicyclic) bond motifs is 1. The predicted molar refractivity (Wildman–Crippen MR) is 96.2 cm³/mol. The first kappa shape index (κ1) is 16.1. The zero-order valence-corrected chi connectivity index (χ0v) is 14.1. The van der Waals surface area contributed by atoms with E-state index in [9.17, 15) is 9.90 Å². The number of para-hydroxylation sites is 2. The van der Waals surface area contributed by atoms with Gasteiger partial charge in [0.2, 0.25) is 0 Å². The van der Waals surface area contributed by atoms with Crippen molar-refractivity contribution in [2.75, 3.05) is 19.0 Å². The van der Waals surface area contributed by atoms with Crippen LogP contribution in [0.25, 0.3) is 17.2 Å². The van der Waals surface area contributed by atoms with Gasteiger partial charge in [-0.3, -0.25) is 0 Å². The fraction of sp³-hybridized carbons (Fsp3) is 0.111. The Hall–Kier alpha value is -2.73. The number of thioether (sulfide) groups is 1. The number of hydrogen-bond acceptors (Lipinski definition) is 5. The van der Waals surface area contributed by atoms with Crippen molar-refractivity contribution in [1.29, 1.82) is 0 Å². The summed E-state index contributed by atoms with van der Waals surface area (Å²) in [6.07, 6.45) is 1.61. The smallest absolute Gasteiger partial charge is 0.342 e. The minimum atomic E-state index is -1.01. The van der Waals surface area contributed by atoms with Crippen molar-refractivity contribution in [2.45, 2.75) is 5.22 Å². The van der Waals surface area contributed by atoms with Crippen LogP contribution in [0.3, 0.4) is 0 Å². The van der Waals surface area contributed by atoms with Crippen molar-refractivity contribution in [1.82, 2.24) is 4.98 Å². The first-order valence-electron chi connectivity index (χ1n) is 7.29. The second-order valence-electron chi connectivity index (χ2n) is 5.35. The molecular formula is C18H16N2O3S. The number of hydrogen-bond donors (Lipinski definition) is 1. The Kier molecular flexibility index (Phi) is 4.57. The number of carboxylic acid groups (broad SMARTS) is 1. The maximum absolute atomic E-state index is 11.5. The van der Waals surface area contributed by atoms with E-state index >= 15 is 0 Å². The van der Waals surface area contributed by atoms with Crippen LogP contribution < -0.4 is 4.90 Å². The molecule has 0 aliphatic rings. The summed E-state index contributed by atoms with van der Waals surface area (Å²) in [6.45, 7) is 0. The lowest BCUT2D eigenvalue weighted by atomic mass is 10.2. The van der Waals surface area contributed by atoms with Crippen molar-refractivity contribution in [3.8, 4) is 0 Å². The van der Waals surface area contributed by atoms with Crippen molar-refractivity contribution < 1.29 is 14.3 Å². The number of carbonyl (C=O) groups is 1. The largest absolute Gasteiger partial charge is 0.477 e. The lowest BCUT2D eigenvalue weighted by Gasteiger charge is -2.11. The second kappa shape index (κ2) is 6.80. The summed E-state index contributed by atoms with van der Waals surface area (Å²) in [7, 11) is 3.91. The molecule has 0 unspecified atom stereocenters. The average Bonchev–Trinajstić information content (AvgIpc) is 2.97. The van der Waals surface area contributed by atoms with Crippen molar-refractivity contribution >= 4 is 40.6 Å². The molecule has 0 aliphatic heterocycles. The third kappa shape index (κ3) is 3.60. The van der Waals surface area contributed by atoms with E-state index in [4.69, 9.17) is 4.42 Å². The summed E-state index contributed by atoms with van der Waals surface area (Å²) >= 11 is 1.00. The zero-order valence-electron chi connectivity index (χ0n) is 13.3. The maximum atomic E-state index is 11.5. The molecule has 1 heterocycles. The van der Waals surface area contributed by atoms with Crippen LogP contribution in [0.1, 0.15) is 5.56 Å². The fourth-order valence-electron chi connectivity index (χ4n) is 2.14. The lowest BCUT2D eigenvalue weighted by Crippen LogP contribution is -2.07. The number of benzene rings is 2. The molecule has 24 heavy (non-hydrogen) atoms. The highest BCUT2D eigenvalue weighted by Crippen LogP contribution is 2.30. The van der Waals surface area contributed by atoms with Crippen LogP contribution >= 0.6 is 11.8 Å². The summed E-state index contributed by atoms with van der Waals surface area (Å²) < 4.78 is 5.58. The first-order chi connectivity index (χ1) is 11.5. The average molecular weight is 340 g/mol. The summed E-state index contributed by atoms with van der Waals surface area (Å²) in [5.74, 6) is -1.01. The molecule has 0 radical (unpaired) electrons. The molecular weight excluding hydrogens is 324 g/mol. The van der Waals surface area contributed by atoms with Gasteiger partial charge in [-0.15, -0.1) is 0 Å². The summed E-state index contributed by atoms with van der Waals surface area (Å²) in [5, 5.41) is 9.76. The van der Waals surface area contributed by atoms with Gasteiger partial charge in [-0.05, 0) is 47.7 Å². The molecule has 3 rings (SSSR count). The van der Waals surface area contributed by atoms with E-state index in [-0.39, 0.29) is 4.91 Å². The van der Waals surface area contributed by atoms with Gasteiger partial charge >= 0.3 is 5.97 Å². The Morgan fingerprint density at radius 2 is 1.88 bits per heavy atom. The highest BCUT2D eigenvalue weighted by atomic mass is 32.2. The highest BCUT2D eigenvalue weighted by molar-refractivity contribution is 8.03. The number of aromatic nitrogens is 1. The van der Waals surface area contributed by atoms with Gasteiger partial charge in [0, 0.05) is 19.8 Å². The Labute approximate surface area is 143 Å². The van der Waals surface area contributed by atoms with Gasteiger partial charge in [-0.25, -0.2) is 9.78 Å². The molecule has 6 heteroatoms. The lowest BCUT2D eigenvalue weighted by molar-refractivity contribution is -0.131. The molecule has 0 saturated heterocycles. The summed E-state index contributed by atoms with van der Waals surface area (Å²) in [5.41, 5.74) is 3.21. The zero-order chi connectivity index (χ0) is 17.1. The van der Waals surface area contributed by atoms with E-state index in [1.54, 1.807) is 12.1 Å². The quantitative estimate of drug-likeness (QED) is 0.557. The van der Waals surface area contributed by atoms with Crippen LogP contribution in [0.4, 0.5) is 5.69 Å². The molecule has 2 aromatic carbocycles. The second-order valence-corrected chi connectivity index (χ2v) is 6.34. The van der Waals surface area contributed by atoms with Crippen LogP contribution in [0.2, 0.25) is 0 Å². The van der Waals surface area contributed by atoms with Gasteiger partial charge in [-0.1, -0.05) is 24.3 Å². The Bertz CT molecular complexity index is 865. The molecule has 0 atom stereocenters. The molecule has 0 amide bonds. The Balaban J connectivity index is 1.87. The van der Waals surface area contributed by atoms with E-state index in [0.29, 0.717) is 16.3 Å². The normalized spacial score (nSPS) is 11.7. The van der Waals surface area contributed by atoms with E-state index < -0.39 is 5.97 Å². The predicted octanol–water partition coefficient (Wildman–Crippen LogP) is 4.11. The van der Waals surface area contributed by atoms with Gasteiger partial charge < -0.3 is 14.4 Å². The topological polar surface area (TPSA) is 66.6 Å². The van der Waals surface area contributed by atoms with E-state index in [2.05, 4.69) is 4.98 Å². The third-order valence-electron chi connectivity index (χ3n) is 3.39. The number of anilines is 1. The van der Waals surface area contributed by atoms with E-state index in [0.717, 1.165) is 23.0 Å². The molecule has 3 aromatic rings. The number of nitrogens with zero attached hydrogens (tertiary/aromatic N) is 2. The van der Waals surface area contributed by atoms with Gasteiger partial charge in [0.1, 0.15) is 10.4 Å². The first-order valence-corrected chi connectivity index (χ1v) is 8.10. The number of carboxylic acids is 1. The van der Waals surface area contributed by atoms with Gasteiger partial charge in [-0.2, -0.15) is 0 Å². The summed E-state index contributed by atoms with van der Waals surface area (Å²) in [6, 6.07) is 15.0. The van der Waals surface area contributed by atoms with Gasteiger partial charge in [0.15, 0.2) is 5.58 Å². The van der Waals surface area contributed by atoms with Crippen molar-refractivity contribution in [3.05, 3.63) is 59.0 Å². The third-order valence-corrected chi connectivity index (χ3v) is 4.25. The van der Waals surface area contributed by atoms with Crippen LogP contribution in [0, 0.1) is 0 Å². The molecule has 122 valence electrons. The highest BCUT2D eigenvalue weighted by Gasteiger charge is 2.14. The van der Waals surface area contributed by atoms with Crippen molar-refractivity contribution in [2.24, 2.45) is 0 Å². The maximum Gasteiger partial charge on any atom is 0.342 e. The fourth-order valence-corrected chi connectivity index (χ4v) is 2.89. The standard InChI is InChI=1S/C18H16N2O3S/c1-20(2)13-9-7-12(8-10-13)11-16(17(21)22)24-18-19-14-5-3-4-6-15(14)23-18/h3-11H,1-2H3,(H,21,22)/b16-11+. The minimum absolute atomic E-state index is 0.152. The molecule has 0 aliphatic carbocycles. The number of rotatable bonds is 5. The number of oxazole rings is 1. The van der Waals surface area contributed by atoms with Gasteiger partial charge in [0.05, 0.1) is 0 Å². The van der Waals surface area contributed by atoms with Crippen LogP contribution in [0.15, 0.2) is 63.1 Å². The monoisotopic (exact) mass is 340 g/mol. The van der Waals surface area contributed by atoms with Crippen molar-refractivity contribution in [3.63, 3.8) is 0 Å². The Morgan fingerprint density at radius 1 is 1.17 bits per heavy atom. The SMILES string of the molecule is CN(C)c1ccc(/C=C(/Sc2nc3ccccc3o2)C(=O)O)cc1. The molecule has 0 bridgehead atoms. The van der Waals surface area contributed by atoms with E-state index in [1.165, 1.54) is 0 Å². The molecule has 0 saturated carbocycles. The molecule has 5 nitrogen and oxygen atoms in total. The summed E-state index contributed by atoms with van der Waals surface area (Å²) in [4.78, 5) is 18.0.